The van der Waals surface area contributed by atoms with Crippen molar-refractivity contribution in [2.45, 2.75) is 13.0 Å². The van der Waals surface area contributed by atoms with E-state index >= 15 is 0 Å². The molecule has 0 fully saturated rings. The zero-order chi connectivity index (χ0) is 16.9. The fourth-order valence-electron chi connectivity index (χ4n) is 2.55. The van der Waals surface area contributed by atoms with Crippen LogP contribution in [0.25, 0.3) is 11.1 Å². The van der Waals surface area contributed by atoms with Gasteiger partial charge in [0.15, 0.2) is 0 Å². The summed E-state index contributed by atoms with van der Waals surface area (Å²) in [5, 5.41) is 0. The average molecular weight is 443 g/mol. The van der Waals surface area contributed by atoms with Crippen molar-refractivity contribution in [3.05, 3.63) is 92.9 Å². The Balaban J connectivity index is 1.82. The van der Waals surface area contributed by atoms with Crippen LogP contribution < -0.4 is 0 Å². The normalized spacial score (nSPS) is 12.5. The summed E-state index contributed by atoms with van der Waals surface area (Å²) in [6.45, 7) is 2.10. The summed E-state index contributed by atoms with van der Waals surface area (Å²) in [5.41, 5.74) is 4.71. The molecule has 0 heterocycles. The molecule has 0 aliphatic carbocycles. The minimum absolute atomic E-state index is 0.0906. The number of benzene rings is 3. The third kappa shape index (κ3) is 4.22. The van der Waals surface area contributed by atoms with Gasteiger partial charge in [0.05, 0.1) is 6.04 Å². The van der Waals surface area contributed by atoms with Crippen molar-refractivity contribution >= 4 is 38.1 Å². The fourth-order valence-corrected chi connectivity index (χ4v) is 3.93. The Kier molecular flexibility index (Phi) is 5.64. The number of nitrogens with zero attached hydrogens (tertiary/aromatic N) is 1. The molecular weight excluding hydrogens is 426 g/mol. The fraction of sp³-hybridized carbons (Fsp3) is 0.0952. The monoisotopic (exact) mass is 441 g/mol. The van der Waals surface area contributed by atoms with Gasteiger partial charge in [0.1, 0.15) is 0 Å². The first-order valence-electron chi connectivity index (χ1n) is 7.77. The van der Waals surface area contributed by atoms with Gasteiger partial charge in [-0.05, 0) is 47.4 Å². The second-order valence-corrected chi connectivity index (χ2v) is 7.38. The summed E-state index contributed by atoms with van der Waals surface area (Å²) in [6, 6.07) is 25.1. The van der Waals surface area contributed by atoms with Gasteiger partial charge in [-0.15, -0.1) is 0 Å². The highest BCUT2D eigenvalue weighted by atomic mass is 79.9. The Morgan fingerprint density at radius 2 is 1.58 bits per heavy atom. The van der Waals surface area contributed by atoms with Crippen molar-refractivity contribution in [2.24, 2.45) is 4.99 Å². The van der Waals surface area contributed by atoms with Crippen molar-refractivity contribution in [1.82, 2.24) is 0 Å². The van der Waals surface area contributed by atoms with Crippen LogP contribution in [0.4, 0.5) is 0 Å². The lowest BCUT2D eigenvalue weighted by molar-refractivity contribution is 0.820. The first-order chi connectivity index (χ1) is 11.6. The first kappa shape index (κ1) is 17.1. The third-order valence-corrected chi connectivity index (χ3v) is 5.03. The lowest BCUT2D eigenvalue weighted by Crippen LogP contribution is -1.93. The summed E-state index contributed by atoms with van der Waals surface area (Å²) < 4.78 is 2.13. The maximum absolute atomic E-state index is 4.72. The zero-order valence-electron chi connectivity index (χ0n) is 13.3. The maximum atomic E-state index is 4.72. The molecule has 0 N–H and O–H groups in total. The second kappa shape index (κ2) is 7.91. The molecule has 0 radical (unpaired) electrons. The van der Waals surface area contributed by atoms with E-state index in [0.29, 0.717) is 0 Å². The van der Waals surface area contributed by atoms with E-state index in [1.807, 2.05) is 18.3 Å². The number of hydrogen-bond donors (Lipinski definition) is 0. The molecule has 3 aromatic carbocycles. The molecule has 3 rings (SSSR count). The average Bonchev–Trinajstić information content (AvgIpc) is 2.61. The van der Waals surface area contributed by atoms with Gasteiger partial charge in [0, 0.05) is 15.2 Å². The first-order valence-corrected chi connectivity index (χ1v) is 9.36. The Hall–Kier alpha value is -1.71. The molecule has 3 heteroatoms. The summed E-state index contributed by atoms with van der Waals surface area (Å²) in [6.07, 6.45) is 1.95. The standard InChI is InChI=1S/C21H17Br2N/c1-15(20-11-10-19(22)13-21(20)23)24-14-16-6-5-9-18(12-16)17-7-3-2-4-8-17/h2-15H,1H3. The Bertz CT molecular complexity index is 857. The largest absolute Gasteiger partial charge is 0.285 e. The van der Waals surface area contributed by atoms with Crippen LogP contribution in [0.5, 0.6) is 0 Å². The topological polar surface area (TPSA) is 12.4 Å². The van der Waals surface area contributed by atoms with E-state index in [1.165, 1.54) is 16.7 Å². The Morgan fingerprint density at radius 3 is 2.33 bits per heavy atom. The van der Waals surface area contributed by atoms with Crippen LogP contribution in [0, 0.1) is 0 Å². The van der Waals surface area contributed by atoms with Crippen molar-refractivity contribution in [3.63, 3.8) is 0 Å². The molecular formula is C21H17Br2N. The minimum Gasteiger partial charge on any atom is -0.285 e. The molecule has 1 atom stereocenters. The van der Waals surface area contributed by atoms with Crippen LogP contribution in [0.1, 0.15) is 24.1 Å². The van der Waals surface area contributed by atoms with Gasteiger partial charge in [-0.3, -0.25) is 4.99 Å². The molecule has 3 aromatic rings. The molecule has 24 heavy (non-hydrogen) atoms. The summed E-state index contributed by atoms with van der Waals surface area (Å²) in [7, 11) is 0. The number of rotatable bonds is 4. The lowest BCUT2D eigenvalue weighted by atomic mass is 10.0. The van der Waals surface area contributed by atoms with Crippen LogP contribution in [0.3, 0.4) is 0 Å². The van der Waals surface area contributed by atoms with Gasteiger partial charge in [-0.25, -0.2) is 0 Å². The quantitative estimate of drug-likeness (QED) is 0.383. The van der Waals surface area contributed by atoms with Crippen LogP contribution in [0.15, 0.2) is 86.7 Å². The second-order valence-electron chi connectivity index (χ2n) is 5.61. The van der Waals surface area contributed by atoms with Crippen LogP contribution in [-0.4, -0.2) is 6.21 Å². The van der Waals surface area contributed by atoms with Gasteiger partial charge in [0.25, 0.3) is 0 Å². The number of halogens is 2. The molecule has 0 saturated carbocycles. The number of hydrogen-bond acceptors (Lipinski definition) is 1. The molecule has 0 aromatic heterocycles. The van der Waals surface area contributed by atoms with Crippen LogP contribution in [0.2, 0.25) is 0 Å². The SMILES string of the molecule is CC(N=Cc1cccc(-c2ccccc2)c1)c1ccc(Br)cc1Br. The van der Waals surface area contributed by atoms with E-state index in [2.05, 4.69) is 99.4 Å². The zero-order valence-corrected chi connectivity index (χ0v) is 16.5. The lowest BCUT2D eigenvalue weighted by Gasteiger charge is -2.10. The van der Waals surface area contributed by atoms with Gasteiger partial charge in [0.2, 0.25) is 0 Å². The van der Waals surface area contributed by atoms with Crippen LogP contribution in [-0.2, 0) is 0 Å². The predicted molar refractivity (Wildman–Crippen MR) is 110 cm³/mol. The molecule has 0 spiro atoms. The van der Waals surface area contributed by atoms with E-state index < -0.39 is 0 Å². The van der Waals surface area contributed by atoms with Crippen molar-refractivity contribution < 1.29 is 0 Å². The van der Waals surface area contributed by atoms with E-state index in [4.69, 9.17) is 4.99 Å². The summed E-state index contributed by atoms with van der Waals surface area (Å²) >= 11 is 7.10. The van der Waals surface area contributed by atoms with Gasteiger partial charge in [-0.1, -0.05) is 86.5 Å². The molecule has 0 bridgehead atoms. The molecule has 0 saturated heterocycles. The predicted octanol–water partition coefficient (Wildman–Crippen LogP) is 7.06. The highest BCUT2D eigenvalue weighted by Gasteiger charge is 2.07. The van der Waals surface area contributed by atoms with Gasteiger partial charge in [-0.2, -0.15) is 0 Å². The highest BCUT2D eigenvalue weighted by Crippen LogP contribution is 2.28. The Labute approximate surface area is 159 Å². The summed E-state index contributed by atoms with van der Waals surface area (Å²) in [5.74, 6) is 0. The van der Waals surface area contributed by atoms with E-state index in [1.54, 1.807) is 0 Å². The van der Waals surface area contributed by atoms with Crippen molar-refractivity contribution in [2.75, 3.05) is 0 Å². The highest BCUT2D eigenvalue weighted by molar-refractivity contribution is 9.11. The van der Waals surface area contributed by atoms with Crippen molar-refractivity contribution in [3.8, 4) is 11.1 Å². The molecule has 0 aliphatic heterocycles. The van der Waals surface area contributed by atoms with E-state index in [9.17, 15) is 0 Å². The summed E-state index contributed by atoms with van der Waals surface area (Å²) in [4.78, 5) is 4.72. The van der Waals surface area contributed by atoms with E-state index in [-0.39, 0.29) is 6.04 Å². The minimum atomic E-state index is 0.0906. The van der Waals surface area contributed by atoms with Gasteiger partial charge >= 0.3 is 0 Å². The third-order valence-electron chi connectivity index (χ3n) is 3.85. The molecule has 1 nitrogen and oxygen atoms in total. The Morgan fingerprint density at radius 1 is 0.833 bits per heavy atom. The van der Waals surface area contributed by atoms with E-state index in [0.717, 1.165) is 14.5 Å². The van der Waals surface area contributed by atoms with Crippen LogP contribution >= 0.6 is 31.9 Å². The number of aliphatic imine (C=N–C) groups is 1. The molecule has 120 valence electrons. The van der Waals surface area contributed by atoms with Gasteiger partial charge < -0.3 is 0 Å². The molecule has 0 aliphatic rings. The molecule has 0 amide bonds. The smallest absolute Gasteiger partial charge is 0.0731 e. The molecule has 1 unspecified atom stereocenters. The van der Waals surface area contributed by atoms with Crippen molar-refractivity contribution in [1.29, 1.82) is 0 Å². The maximum Gasteiger partial charge on any atom is 0.0731 e.